The van der Waals surface area contributed by atoms with E-state index in [0.717, 1.165) is 5.69 Å². The van der Waals surface area contributed by atoms with E-state index in [1.165, 1.54) is 32.9 Å². The van der Waals surface area contributed by atoms with Gasteiger partial charge in [-0.3, -0.25) is 19.3 Å². The van der Waals surface area contributed by atoms with E-state index in [4.69, 9.17) is 18.9 Å². The Bertz CT molecular complexity index is 1510. The number of hydrogen-bond acceptors (Lipinski definition) is 14. The number of Topliss-reactive ketones (excluding diaryl/α,β-unsaturated/α-hetero) is 1. The van der Waals surface area contributed by atoms with Gasteiger partial charge in [-0.05, 0) is 92.2 Å². The highest BCUT2D eigenvalue weighted by Gasteiger charge is 2.51. The van der Waals surface area contributed by atoms with E-state index in [0.29, 0.717) is 32.6 Å². The molecule has 1 aromatic carbocycles. The number of aliphatic hydroxyl groups excluding tert-OH is 3. The lowest BCUT2D eigenvalue weighted by Gasteiger charge is -2.47. The molecule has 0 aromatic heterocycles. The van der Waals surface area contributed by atoms with Gasteiger partial charge >= 0.3 is 5.97 Å². The second-order valence-electron chi connectivity index (χ2n) is 17.5. The van der Waals surface area contributed by atoms with E-state index in [2.05, 4.69) is 15.1 Å². The number of carbonyl (C=O) groups is 3. The molecule has 0 aliphatic carbocycles. The number of likely N-dealkylation sites (N-methyl/N-ethyl adjacent to an activating group) is 1. The molecule has 0 saturated carbocycles. The maximum atomic E-state index is 14.4. The number of nitrogens with one attached hydrogen (secondary N) is 1. The Kier molecular flexibility index (Phi) is 16.7. The minimum absolute atomic E-state index is 0.0230. The fraction of sp³-hybridized carbons (Fsp3) is 0.786. The number of halogens is 1. The zero-order chi connectivity index (χ0) is 43.3. The molecule has 3 heterocycles. The fourth-order valence-electron chi connectivity index (χ4n) is 8.72. The molecule has 16 heteroatoms. The molecule has 0 spiro atoms. The number of cyclic esters (lactones) is 1. The molecular formula is C42H69FN4O11. The molecule has 1 amide bonds. The number of rotatable bonds is 10. The van der Waals surface area contributed by atoms with E-state index in [1.54, 1.807) is 39.8 Å². The SMILES string of the molecule is CC[C@H]1OC(=O)[C@H](C)C(=O)[C@H](C)[C@@H](O[C@@H]2O[C@H](C)C[C@H](N(C)C)[C@H]2O)[C@](C)(OCC(O)CN2CCN(c3ccc(F)cc3)CC2)C[C@@H](C)NC(=O)[C@H](C)[C@@H](O)[C@]1(C)O. The van der Waals surface area contributed by atoms with Crippen molar-refractivity contribution in [2.24, 2.45) is 17.8 Å². The van der Waals surface area contributed by atoms with Crippen LogP contribution in [0.2, 0.25) is 0 Å². The van der Waals surface area contributed by atoms with Crippen molar-refractivity contribution in [3.8, 4) is 0 Å². The monoisotopic (exact) mass is 824 g/mol. The first-order valence-corrected chi connectivity index (χ1v) is 20.7. The molecule has 1 aromatic rings. The predicted octanol–water partition coefficient (Wildman–Crippen LogP) is 1.71. The number of esters is 1. The number of piperazine rings is 1. The van der Waals surface area contributed by atoms with Gasteiger partial charge in [-0.25, -0.2) is 4.39 Å². The molecular weight excluding hydrogens is 755 g/mol. The molecule has 5 N–H and O–H groups in total. The first-order valence-electron chi connectivity index (χ1n) is 20.7. The van der Waals surface area contributed by atoms with Gasteiger partial charge in [0.1, 0.15) is 29.5 Å². The van der Waals surface area contributed by atoms with Crippen molar-refractivity contribution in [2.75, 3.05) is 58.3 Å². The summed E-state index contributed by atoms with van der Waals surface area (Å²) in [6, 6.07) is 5.32. The Morgan fingerprint density at radius 2 is 1.62 bits per heavy atom. The van der Waals surface area contributed by atoms with Crippen LogP contribution in [0.15, 0.2) is 24.3 Å². The van der Waals surface area contributed by atoms with Crippen LogP contribution >= 0.6 is 0 Å². The van der Waals surface area contributed by atoms with Crippen molar-refractivity contribution < 1.29 is 58.1 Å². The predicted molar refractivity (Wildman–Crippen MR) is 214 cm³/mol. The Balaban J connectivity index is 1.66. The third-order valence-corrected chi connectivity index (χ3v) is 12.3. The quantitative estimate of drug-likeness (QED) is 0.169. The number of ether oxygens (including phenoxy) is 4. The summed E-state index contributed by atoms with van der Waals surface area (Å²) in [5.74, 6) is -5.96. The molecule has 3 saturated heterocycles. The number of amides is 1. The minimum Gasteiger partial charge on any atom is -0.459 e. The van der Waals surface area contributed by atoms with Crippen molar-refractivity contribution >= 4 is 23.3 Å². The molecule has 0 bridgehead atoms. The highest BCUT2D eigenvalue weighted by atomic mass is 19.1. The number of carbonyl (C=O) groups excluding carboxylic acids is 3. The van der Waals surface area contributed by atoms with Crippen molar-refractivity contribution in [1.29, 1.82) is 0 Å². The average Bonchev–Trinajstić information content (AvgIpc) is 3.17. The van der Waals surface area contributed by atoms with Gasteiger partial charge in [-0.15, -0.1) is 0 Å². The Hall–Kier alpha value is -2.80. The van der Waals surface area contributed by atoms with Crippen molar-refractivity contribution in [3.05, 3.63) is 30.1 Å². The van der Waals surface area contributed by atoms with Gasteiger partial charge < -0.3 is 54.5 Å². The second kappa shape index (κ2) is 20.2. The number of nitrogens with zero attached hydrogens (tertiary/aromatic N) is 3. The summed E-state index contributed by atoms with van der Waals surface area (Å²) in [6.07, 6.45) is -7.14. The zero-order valence-electron chi connectivity index (χ0n) is 36.0. The van der Waals surface area contributed by atoms with E-state index in [1.807, 2.05) is 25.9 Å². The van der Waals surface area contributed by atoms with Crippen LogP contribution in [-0.2, 0) is 33.3 Å². The largest absolute Gasteiger partial charge is 0.459 e. The molecule has 15 nitrogen and oxygen atoms in total. The smallest absolute Gasteiger partial charge is 0.316 e. The number of benzene rings is 1. The second-order valence-corrected chi connectivity index (χ2v) is 17.5. The first kappa shape index (κ1) is 47.9. The standard InChI is InChI=1S/C42H69FN4O11/c1-11-33-42(8,54)36(51)28(6)38(52)44-24(2)21-41(7,55-23-31(48)22-46-16-18-47(19-17-46)30-14-12-29(43)13-15-30)37(26(4)34(49)27(5)39(53)57-33)58-40-35(50)32(45(9)10)20-25(3)56-40/h12-15,24-28,31-33,35-37,40,48,50-51,54H,11,16-23H2,1-10H3,(H,44,52)/t24-,25-,26+,27-,28-,31?,32+,33-,35-,36-,37-,40+,41-,42-/m1/s1. The van der Waals surface area contributed by atoms with Gasteiger partial charge in [0, 0.05) is 56.4 Å². The normalized spacial score (nSPS) is 38.4. The Labute approximate surface area is 343 Å². The minimum atomic E-state index is -2.04. The number of hydrogen-bond donors (Lipinski definition) is 5. The molecule has 330 valence electrons. The number of β-amino-alcohol motifs (C(OH)–C–C–N with tert-alkyl or cyclic N) is 1. The first-order chi connectivity index (χ1) is 27.1. The topological polar surface area (TPSA) is 191 Å². The highest BCUT2D eigenvalue weighted by Crippen LogP contribution is 2.37. The zero-order valence-corrected chi connectivity index (χ0v) is 36.0. The van der Waals surface area contributed by atoms with Gasteiger partial charge in [0.25, 0.3) is 0 Å². The maximum Gasteiger partial charge on any atom is 0.316 e. The van der Waals surface area contributed by atoms with Crippen LogP contribution in [0.1, 0.15) is 74.7 Å². The molecule has 1 unspecified atom stereocenters. The third kappa shape index (κ3) is 11.5. The molecule has 3 aliphatic rings. The summed E-state index contributed by atoms with van der Waals surface area (Å²) >= 11 is 0. The lowest BCUT2D eigenvalue weighted by atomic mass is 9.79. The molecule has 58 heavy (non-hydrogen) atoms. The van der Waals surface area contributed by atoms with E-state index >= 15 is 0 Å². The molecule has 3 aliphatic heterocycles. The Morgan fingerprint density at radius 3 is 2.21 bits per heavy atom. The highest BCUT2D eigenvalue weighted by molar-refractivity contribution is 6.00. The van der Waals surface area contributed by atoms with Crippen molar-refractivity contribution in [1.82, 2.24) is 15.1 Å². The molecule has 0 radical (unpaired) electrons. The van der Waals surface area contributed by atoms with E-state index < -0.39 is 89.5 Å². The molecule has 3 fully saturated rings. The molecule has 14 atom stereocenters. The maximum absolute atomic E-state index is 14.4. The molecule has 4 rings (SSSR count). The van der Waals surface area contributed by atoms with Crippen LogP contribution in [0.4, 0.5) is 10.1 Å². The van der Waals surface area contributed by atoms with E-state index in [9.17, 15) is 39.2 Å². The number of anilines is 1. The summed E-state index contributed by atoms with van der Waals surface area (Å²) in [5.41, 5.74) is -2.59. The van der Waals surface area contributed by atoms with Crippen LogP contribution in [0.3, 0.4) is 0 Å². The van der Waals surface area contributed by atoms with E-state index in [-0.39, 0.29) is 44.0 Å². The van der Waals surface area contributed by atoms with Crippen LogP contribution in [-0.4, -0.2) is 168 Å². The Morgan fingerprint density at radius 1 is 1.00 bits per heavy atom. The van der Waals surface area contributed by atoms with Gasteiger partial charge in [0.15, 0.2) is 12.1 Å². The van der Waals surface area contributed by atoms with Crippen molar-refractivity contribution in [2.45, 2.75) is 141 Å². The fourth-order valence-corrected chi connectivity index (χ4v) is 8.72. The van der Waals surface area contributed by atoms with Crippen LogP contribution < -0.4 is 10.2 Å². The number of ketones is 1. The van der Waals surface area contributed by atoms with Gasteiger partial charge in [0.2, 0.25) is 5.91 Å². The van der Waals surface area contributed by atoms with Gasteiger partial charge in [-0.2, -0.15) is 0 Å². The summed E-state index contributed by atoms with van der Waals surface area (Å²) in [7, 11) is 3.68. The summed E-state index contributed by atoms with van der Waals surface area (Å²) in [5, 5.41) is 48.6. The van der Waals surface area contributed by atoms with Crippen LogP contribution in [0.5, 0.6) is 0 Å². The van der Waals surface area contributed by atoms with Gasteiger partial charge in [0.05, 0.1) is 42.5 Å². The summed E-state index contributed by atoms with van der Waals surface area (Å²) in [4.78, 5) is 47.8. The summed E-state index contributed by atoms with van der Waals surface area (Å²) < 4.78 is 38.7. The average molecular weight is 825 g/mol. The van der Waals surface area contributed by atoms with Crippen molar-refractivity contribution in [3.63, 3.8) is 0 Å². The number of aliphatic hydroxyl groups is 4. The summed E-state index contributed by atoms with van der Waals surface area (Å²) in [6.45, 7) is 15.4. The van der Waals surface area contributed by atoms with Crippen LogP contribution in [0.25, 0.3) is 0 Å². The lowest BCUT2D eigenvalue weighted by Crippen LogP contribution is -2.60. The van der Waals surface area contributed by atoms with Gasteiger partial charge in [-0.1, -0.05) is 20.8 Å². The lowest BCUT2D eigenvalue weighted by molar-refractivity contribution is -0.298. The van der Waals surface area contributed by atoms with Crippen LogP contribution in [0, 0.1) is 23.6 Å². The third-order valence-electron chi connectivity index (χ3n) is 12.3.